The first-order valence-electron chi connectivity index (χ1n) is 6.99. The minimum atomic E-state index is -4.87. The lowest BCUT2D eigenvalue weighted by Crippen LogP contribution is -2.50. The van der Waals surface area contributed by atoms with Crippen molar-refractivity contribution in [3.05, 3.63) is 27.7 Å². The number of nitrogens with zero attached hydrogens (tertiary/aromatic N) is 1. The first kappa shape index (κ1) is 17.1. The van der Waals surface area contributed by atoms with Gasteiger partial charge in [0, 0.05) is 12.6 Å². The lowest BCUT2D eigenvalue weighted by molar-refractivity contribution is -0.188. The van der Waals surface area contributed by atoms with Crippen molar-refractivity contribution in [1.29, 1.82) is 0 Å². The molecule has 0 aliphatic carbocycles. The lowest BCUT2D eigenvalue weighted by atomic mass is 9.94. The van der Waals surface area contributed by atoms with Crippen LogP contribution in [-0.2, 0) is 17.6 Å². The number of carbonyl (C=O) groups is 1. The molecule has 1 atom stereocenters. The van der Waals surface area contributed by atoms with E-state index in [1.54, 1.807) is 12.1 Å². The standard InChI is InChI=1S/C15H17BrF3NO2/c1-8(2)12-6-10-5-11(16)13(21)7-9(10)3-4-20(12)14(22)15(17,18)19/h5,7-8,12,21H,3-4,6H2,1-2H3/t12-/m0/s1. The second-order valence-electron chi connectivity index (χ2n) is 5.83. The highest BCUT2D eigenvalue weighted by Gasteiger charge is 2.45. The highest BCUT2D eigenvalue weighted by atomic mass is 79.9. The normalized spacial score (nSPS) is 19.0. The molecule has 2 rings (SSSR count). The minimum absolute atomic E-state index is 0.00470. The van der Waals surface area contributed by atoms with Crippen molar-refractivity contribution in [2.75, 3.05) is 6.54 Å². The van der Waals surface area contributed by atoms with Crippen molar-refractivity contribution in [3.63, 3.8) is 0 Å². The van der Waals surface area contributed by atoms with Gasteiger partial charge in [0.2, 0.25) is 0 Å². The summed E-state index contributed by atoms with van der Waals surface area (Å²) < 4.78 is 39.0. The first-order chi connectivity index (χ1) is 10.1. The van der Waals surface area contributed by atoms with Crippen LogP contribution in [-0.4, -0.2) is 34.7 Å². The number of hydrogen-bond acceptors (Lipinski definition) is 2. The molecule has 122 valence electrons. The molecule has 1 heterocycles. The molecule has 3 nitrogen and oxygen atoms in total. The molecule has 1 aliphatic heterocycles. The molecule has 1 aromatic carbocycles. The Morgan fingerprint density at radius 2 is 2.00 bits per heavy atom. The Balaban J connectivity index is 2.40. The summed E-state index contributed by atoms with van der Waals surface area (Å²) in [6.45, 7) is 3.61. The number of fused-ring (bicyclic) bond motifs is 1. The van der Waals surface area contributed by atoms with Crippen LogP contribution in [0.1, 0.15) is 25.0 Å². The van der Waals surface area contributed by atoms with Crippen molar-refractivity contribution in [2.45, 2.75) is 38.9 Å². The number of alkyl halides is 3. The van der Waals surface area contributed by atoms with E-state index in [-0.39, 0.29) is 18.2 Å². The fourth-order valence-electron chi connectivity index (χ4n) is 2.82. The maximum atomic E-state index is 12.8. The Morgan fingerprint density at radius 3 is 2.55 bits per heavy atom. The second kappa shape index (κ2) is 6.10. The summed E-state index contributed by atoms with van der Waals surface area (Å²) in [6, 6.07) is 2.76. The van der Waals surface area contributed by atoms with E-state index in [4.69, 9.17) is 0 Å². The van der Waals surface area contributed by atoms with E-state index in [1.165, 1.54) is 0 Å². The number of rotatable bonds is 1. The summed E-state index contributed by atoms with van der Waals surface area (Å²) in [7, 11) is 0. The molecular weight excluding hydrogens is 363 g/mol. The quantitative estimate of drug-likeness (QED) is 0.808. The molecule has 0 spiro atoms. The number of benzene rings is 1. The molecule has 0 bridgehead atoms. The molecule has 1 aliphatic rings. The van der Waals surface area contributed by atoms with Crippen LogP contribution in [0.2, 0.25) is 0 Å². The summed E-state index contributed by atoms with van der Waals surface area (Å²) >= 11 is 3.22. The Morgan fingerprint density at radius 1 is 1.36 bits per heavy atom. The van der Waals surface area contributed by atoms with E-state index in [0.29, 0.717) is 17.3 Å². The third-order valence-corrected chi connectivity index (χ3v) is 4.63. The van der Waals surface area contributed by atoms with Crippen LogP contribution >= 0.6 is 15.9 Å². The van der Waals surface area contributed by atoms with E-state index in [9.17, 15) is 23.1 Å². The number of phenolic OH excluding ortho intramolecular Hbond substituents is 1. The van der Waals surface area contributed by atoms with Gasteiger partial charge in [0.1, 0.15) is 5.75 Å². The fraction of sp³-hybridized carbons (Fsp3) is 0.533. The fourth-order valence-corrected chi connectivity index (χ4v) is 3.21. The van der Waals surface area contributed by atoms with Crippen LogP contribution in [0.4, 0.5) is 13.2 Å². The molecule has 0 radical (unpaired) electrons. The Labute approximate surface area is 135 Å². The molecule has 1 amide bonds. The molecule has 22 heavy (non-hydrogen) atoms. The topological polar surface area (TPSA) is 40.5 Å². The maximum absolute atomic E-state index is 12.8. The SMILES string of the molecule is CC(C)[C@@H]1Cc2cc(Br)c(O)cc2CCN1C(=O)C(F)(F)F. The van der Waals surface area contributed by atoms with Gasteiger partial charge in [-0.2, -0.15) is 13.2 Å². The van der Waals surface area contributed by atoms with Crippen LogP contribution in [0.5, 0.6) is 5.75 Å². The van der Waals surface area contributed by atoms with E-state index in [0.717, 1.165) is 16.0 Å². The van der Waals surface area contributed by atoms with E-state index < -0.39 is 18.1 Å². The van der Waals surface area contributed by atoms with Crippen molar-refractivity contribution in [3.8, 4) is 5.75 Å². The molecule has 0 fully saturated rings. The Bertz CT molecular complexity index is 587. The monoisotopic (exact) mass is 379 g/mol. The highest BCUT2D eigenvalue weighted by molar-refractivity contribution is 9.10. The van der Waals surface area contributed by atoms with Gasteiger partial charge < -0.3 is 10.0 Å². The molecule has 1 N–H and O–H groups in total. The molecule has 0 aromatic heterocycles. The average molecular weight is 380 g/mol. The van der Waals surface area contributed by atoms with Gasteiger partial charge in [-0.25, -0.2) is 0 Å². The zero-order chi connectivity index (χ0) is 16.7. The van der Waals surface area contributed by atoms with Gasteiger partial charge in [-0.1, -0.05) is 13.8 Å². The van der Waals surface area contributed by atoms with Crippen LogP contribution in [0, 0.1) is 5.92 Å². The molecule has 0 unspecified atom stereocenters. The number of carbonyl (C=O) groups excluding carboxylic acids is 1. The Hall–Kier alpha value is -1.24. The zero-order valence-corrected chi connectivity index (χ0v) is 13.8. The lowest BCUT2D eigenvalue weighted by Gasteiger charge is -2.33. The van der Waals surface area contributed by atoms with Crippen LogP contribution in [0.25, 0.3) is 0 Å². The smallest absolute Gasteiger partial charge is 0.471 e. The first-order valence-corrected chi connectivity index (χ1v) is 7.78. The number of phenols is 1. The molecular formula is C15H17BrF3NO2. The Kier molecular flexibility index (Phi) is 4.75. The summed E-state index contributed by atoms with van der Waals surface area (Å²) in [5.74, 6) is -1.84. The molecule has 0 saturated heterocycles. The molecule has 1 aromatic rings. The van der Waals surface area contributed by atoms with Gasteiger partial charge in [0.15, 0.2) is 0 Å². The summed E-state index contributed by atoms with van der Waals surface area (Å²) in [5, 5.41) is 9.74. The van der Waals surface area contributed by atoms with E-state index in [1.807, 2.05) is 13.8 Å². The van der Waals surface area contributed by atoms with E-state index >= 15 is 0 Å². The molecule has 7 heteroatoms. The van der Waals surface area contributed by atoms with Gasteiger partial charge in [-0.05, 0) is 57.9 Å². The number of halogens is 4. The largest absolute Gasteiger partial charge is 0.507 e. The van der Waals surface area contributed by atoms with Gasteiger partial charge >= 0.3 is 12.1 Å². The third-order valence-electron chi connectivity index (χ3n) is 3.99. The van der Waals surface area contributed by atoms with Crippen LogP contribution in [0.15, 0.2) is 16.6 Å². The van der Waals surface area contributed by atoms with Crippen molar-refractivity contribution in [2.24, 2.45) is 5.92 Å². The average Bonchev–Trinajstić information content (AvgIpc) is 2.57. The summed E-state index contributed by atoms with van der Waals surface area (Å²) in [4.78, 5) is 12.6. The van der Waals surface area contributed by atoms with Crippen molar-refractivity contribution in [1.82, 2.24) is 4.90 Å². The minimum Gasteiger partial charge on any atom is -0.507 e. The third kappa shape index (κ3) is 3.39. The summed E-state index contributed by atoms with van der Waals surface area (Å²) in [6.07, 6.45) is -4.23. The van der Waals surface area contributed by atoms with Crippen LogP contribution in [0.3, 0.4) is 0 Å². The van der Waals surface area contributed by atoms with Gasteiger partial charge in [0.25, 0.3) is 0 Å². The number of hydrogen-bond donors (Lipinski definition) is 1. The predicted molar refractivity (Wildman–Crippen MR) is 79.6 cm³/mol. The number of amides is 1. The maximum Gasteiger partial charge on any atom is 0.471 e. The molecule has 0 saturated carbocycles. The van der Waals surface area contributed by atoms with Gasteiger partial charge in [-0.15, -0.1) is 0 Å². The van der Waals surface area contributed by atoms with Gasteiger partial charge in [0.05, 0.1) is 4.47 Å². The zero-order valence-electron chi connectivity index (χ0n) is 12.2. The predicted octanol–water partition coefficient (Wildman–Crippen LogP) is 3.67. The van der Waals surface area contributed by atoms with Crippen molar-refractivity contribution < 1.29 is 23.1 Å². The van der Waals surface area contributed by atoms with E-state index in [2.05, 4.69) is 15.9 Å². The van der Waals surface area contributed by atoms with Crippen LogP contribution < -0.4 is 0 Å². The summed E-state index contributed by atoms with van der Waals surface area (Å²) in [5.41, 5.74) is 1.64. The number of aromatic hydroxyl groups is 1. The van der Waals surface area contributed by atoms with Gasteiger partial charge in [-0.3, -0.25) is 4.79 Å². The second-order valence-corrected chi connectivity index (χ2v) is 6.69. The van der Waals surface area contributed by atoms with Crippen molar-refractivity contribution >= 4 is 21.8 Å². The highest BCUT2D eigenvalue weighted by Crippen LogP contribution is 2.33.